The van der Waals surface area contributed by atoms with E-state index < -0.39 is 28.8 Å². The van der Waals surface area contributed by atoms with Gasteiger partial charge in [-0.15, -0.1) is 0 Å². The molecule has 0 aliphatic rings. The summed E-state index contributed by atoms with van der Waals surface area (Å²) in [7, 11) is 0. The maximum absolute atomic E-state index is 14.3. The minimum absolute atomic E-state index is 0.103. The van der Waals surface area contributed by atoms with E-state index in [0.717, 1.165) is 42.7 Å². The zero-order valence-corrected chi connectivity index (χ0v) is 14.4. The Morgan fingerprint density at radius 2 is 1.48 bits per heavy atom. The van der Waals surface area contributed by atoms with E-state index in [4.69, 9.17) is 0 Å². The molecule has 27 heavy (non-hydrogen) atoms. The predicted octanol–water partition coefficient (Wildman–Crippen LogP) is 5.05. The van der Waals surface area contributed by atoms with Crippen LogP contribution in [0.25, 0.3) is 11.4 Å². The van der Waals surface area contributed by atoms with Crippen LogP contribution in [0.1, 0.15) is 30.0 Å². The van der Waals surface area contributed by atoms with Gasteiger partial charge in [-0.1, -0.05) is 25.2 Å². The van der Waals surface area contributed by atoms with Crippen molar-refractivity contribution in [2.24, 2.45) is 0 Å². The summed E-state index contributed by atoms with van der Waals surface area (Å²) >= 11 is 0. The van der Waals surface area contributed by atoms with E-state index in [0.29, 0.717) is 0 Å². The highest BCUT2D eigenvalue weighted by molar-refractivity contribution is 5.58. The topological polar surface area (TPSA) is 25.8 Å². The summed E-state index contributed by atoms with van der Waals surface area (Å²) in [5.41, 5.74) is 0.764. The number of hydrogen-bond acceptors (Lipinski definition) is 2. The first-order chi connectivity index (χ1) is 13.0. The monoisotopic (exact) mass is 370 g/mol. The molecule has 136 valence electrons. The number of aromatic nitrogens is 2. The van der Waals surface area contributed by atoms with Gasteiger partial charge in [0.05, 0.1) is 5.56 Å². The van der Waals surface area contributed by atoms with Gasteiger partial charge in [-0.05, 0) is 42.3 Å². The molecule has 0 N–H and O–H groups in total. The summed E-state index contributed by atoms with van der Waals surface area (Å²) < 4.78 is 54.7. The molecule has 2 aromatic carbocycles. The van der Waals surface area contributed by atoms with Gasteiger partial charge in [0, 0.05) is 23.5 Å². The van der Waals surface area contributed by atoms with Gasteiger partial charge in [-0.25, -0.2) is 27.5 Å². The molecule has 3 aromatic rings. The molecule has 0 saturated heterocycles. The van der Waals surface area contributed by atoms with Crippen molar-refractivity contribution in [2.45, 2.75) is 19.8 Å². The van der Waals surface area contributed by atoms with Gasteiger partial charge in [0.1, 0.15) is 11.6 Å². The molecular weight excluding hydrogens is 356 g/mol. The van der Waals surface area contributed by atoms with Crippen molar-refractivity contribution >= 4 is 0 Å². The number of rotatable bonds is 3. The third kappa shape index (κ3) is 4.32. The molecule has 0 aliphatic carbocycles. The van der Waals surface area contributed by atoms with E-state index in [2.05, 4.69) is 21.8 Å². The molecular formula is C21H14F4N2. The van der Waals surface area contributed by atoms with Crippen LogP contribution in [0.4, 0.5) is 17.6 Å². The Kier molecular flexibility index (Phi) is 5.51. The molecule has 0 amide bonds. The van der Waals surface area contributed by atoms with Gasteiger partial charge < -0.3 is 0 Å². The molecule has 0 atom stereocenters. The van der Waals surface area contributed by atoms with Crippen molar-refractivity contribution in [3.05, 3.63) is 82.7 Å². The van der Waals surface area contributed by atoms with E-state index in [9.17, 15) is 17.6 Å². The lowest BCUT2D eigenvalue weighted by Crippen LogP contribution is -1.96. The standard InChI is InChI=1S/C21H14F4N2/c1-2-3-14-11-26-21(27-12-14)15-9-18(23)16(19(24)10-15)6-4-13-5-7-17(22)20(25)8-13/h5,7-12H,2-3H2,1H3. The van der Waals surface area contributed by atoms with Gasteiger partial charge in [0.15, 0.2) is 17.5 Å². The summed E-state index contributed by atoms with van der Waals surface area (Å²) in [6.45, 7) is 2.03. The van der Waals surface area contributed by atoms with Crippen molar-refractivity contribution in [3.63, 3.8) is 0 Å². The summed E-state index contributed by atoms with van der Waals surface area (Å²) in [6.07, 6.45) is 5.01. The lowest BCUT2D eigenvalue weighted by molar-refractivity contribution is 0.508. The SMILES string of the molecule is CCCc1cnc(-c2cc(F)c(C#Cc3ccc(F)c(F)c3)c(F)c2)nc1. The van der Waals surface area contributed by atoms with Gasteiger partial charge >= 0.3 is 0 Å². The first-order valence-corrected chi connectivity index (χ1v) is 8.25. The first-order valence-electron chi connectivity index (χ1n) is 8.25. The largest absolute Gasteiger partial charge is 0.236 e. The van der Waals surface area contributed by atoms with Crippen molar-refractivity contribution in [1.82, 2.24) is 9.97 Å². The molecule has 0 unspecified atom stereocenters. The summed E-state index contributed by atoms with van der Waals surface area (Å²) in [5.74, 6) is 1.07. The maximum atomic E-state index is 14.3. The number of benzene rings is 2. The molecule has 3 rings (SSSR count). The lowest BCUT2D eigenvalue weighted by atomic mass is 10.1. The minimum Gasteiger partial charge on any atom is -0.236 e. The Hall–Kier alpha value is -3.20. The van der Waals surface area contributed by atoms with Crippen LogP contribution in [0.3, 0.4) is 0 Å². The molecule has 2 nitrogen and oxygen atoms in total. The quantitative estimate of drug-likeness (QED) is 0.476. The first kappa shape index (κ1) is 18.6. The lowest BCUT2D eigenvalue weighted by Gasteiger charge is -2.04. The summed E-state index contributed by atoms with van der Waals surface area (Å²) in [6, 6.07) is 5.16. The van der Waals surface area contributed by atoms with E-state index in [1.54, 1.807) is 12.4 Å². The second-order valence-electron chi connectivity index (χ2n) is 5.86. The molecule has 0 fully saturated rings. The molecule has 1 heterocycles. The van der Waals surface area contributed by atoms with E-state index >= 15 is 0 Å². The van der Waals surface area contributed by atoms with Gasteiger partial charge in [-0.2, -0.15) is 0 Å². The van der Waals surface area contributed by atoms with Gasteiger partial charge in [0.2, 0.25) is 0 Å². The van der Waals surface area contributed by atoms with Crippen LogP contribution in [0, 0.1) is 35.1 Å². The fourth-order valence-corrected chi connectivity index (χ4v) is 2.45. The molecule has 0 saturated carbocycles. The smallest absolute Gasteiger partial charge is 0.160 e. The highest BCUT2D eigenvalue weighted by atomic mass is 19.2. The summed E-state index contributed by atoms with van der Waals surface area (Å²) in [4.78, 5) is 8.27. The normalized spacial score (nSPS) is 10.4. The zero-order valence-electron chi connectivity index (χ0n) is 14.4. The van der Waals surface area contributed by atoms with Crippen LogP contribution >= 0.6 is 0 Å². The molecule has 0 radical (unpaired) electrons. The Balaban J connectivity index is 1.91. The van der Waals surface area contributed by atoms with Crippen LogP contribution in [0.5, 0.6) is 0 Å². The minimum atomic E-state index is -1.08. The number of nitrogens with zero attached hydrogens (tertiary/aromatic N) is 2. The molecule has 6 heteroatoms. The van der Waals surface area contributed by atoms with Crippen LogP contribution in [-0.2, 0) is 6.42 Å². The fourth-order valence-electron chi connectivity index (χ4n) is 2.45. The van der Waals surface area contributed by atoms with Crippen molar-refractivity contribution in [2.75, 3.05) is 0 Å². The van der Waals surface area contributed by atoms with Crippen molar-refractivity contribution < 1.29 is 17.6 Å². The van der Waals surface area contributed by atoms with Crippen molar-refractivity contribution in [3.8, 4) is 23.2 Å². The Morgan fingerprint density at radius 1 is 0.815 bits per heavy atom. The predicted molar refractivity (Wildman–Crippen MR) is 93.7 cm³/mol. The van der Waals surface area contributed by atoms with E-state index in [-0.39, 0.29) is 17.0 Å². The van der Waals surface area contributed by atoms with Crippen molar-refractivity contribution in [1.29, 1.82) is 0 Å². The fraction of sp³-hybridized carbons (Fsp3) is 0.143. The highest BCUT2D eigenvalue weighted by Crippen LogP contribution is 2.21. The van der Waals surface area contributed by atoms with Crippen LogP contribution in [0.15, 0.2) is 42.7 Å². The third-order valence-corrected chi connectivity index (χ3v) is 3.80. The number of hydrogen-bond donors (Lipinski definition) is 0. The Bertz CT molecular complexity index is 1010. The average Bonchev–Trinajstić information content (AvgIpc) is 2.64. The molecule has 1 aromatic heterocycles. The van der Waals surface area contributed by atoms with E-state index in [1.807, 2.05) is 6.92 Å². The van der Waals surface area contributed by atoms with Crippen LogP contribution in [-0.4, -0.2) is 9.97 Å². The van der Waals surface area contributed by atoms with Crippen LogP contribution < -0.4 is 0 Å². The summed E-state index contributed by atoms with van der Waals surface area (Å²) in [5, 5.41) is 0. The highest BCUT2D eigenvalue weighted by Gasteiger charge is 2.12. The van der Waals surface area contributed by atoms with Crippen LogP contribution in [0.2, 0.25) is 0 Å². The maximum Gasteiger partial charge on any atom is 0.160 e. The second-order valence-corrected chi connectivity index (χ2v) is 5.86. The van der Waals surface area contributed by atoms with Gasteiger partial charge in [0.25, 0.3) is 0 Å². The molecule has 0 spiro atoms. The average molecular weight is 370 g/mol. The molecule has 0 bridgehead atoms. The second kappa shape index (κ2) is 8.00. The Labute approximate surface area is 153 Å². The zero-order chi connectivity index (χ0) is 19.4. The van der Waals surface area contributed by atoms with Gasteiger partial charge in [-0.3, -0.25) is 0 Å². The molecule has 0 aliphatic heterocycles. The number of halogens is 4. The number of aryl methyl sites for hydroxylation is 1. The van der Waals surface area contributed by atoms with E-state index in [1.165, 1.54) is 6.07 Å². The third-order valence-electron chi connectivity index (χ3n) is 3.80. The Morgan fingerprint density at radius 3 is 2.07 bits per heavy atom.